The van der Waals surface area contributed by atoms with Gasteiger partial charge in [-0.2, -0.15) is 4.90 Å². The molecule has 1 aromatic carbocycles. The van der Waals surface area contributed by atoms with Crippen LogP contribution in [0.2, 0.25) is 0 Å². The van der Waals surface area contributed by atoms with E-state index in [4.69, 9.17) is 5.73 Å². The smallest absolute Gasteiger partial charge is 0.328 e. The lowest BCUT2D eigenvalue weighted by Gasteiger charge is -2.19. The first-order valence-electron chi connectivity index (χ1n) is 5.27. The summed E-state index contributed by atoms with van der Waals surface area (Å²) in [6.45, 7) is 1.60. The molecule has 1 rings (SSSR count). The predicted molar refractivity (Wildman–Crippen MR) is 70.2 cm³/mol. The molecule has 0 aliphatic heterocycles. The van der Waals surface area contributed by atoms with Gasteiger partial charge in [0.15, 0.2) is 0 Å². The molecule has 18 heavy (non-hydrogen) atoms. The number of rotatable bonds is 3. The summed E-state index contributed by atoms with van der Waals surface area (Å²) in [5.74, 6) is -1.83. The zero-order valence-corrected chi connectivity index (χ0v) is 11.4. The highest BCUT2D eigenvalue weighted by molar-refractivity contribution is 9.09. The monoisotopic (exact) mass is 312 g/mol. The van der Waals surface area contributed by atoms with Gasteiger partial charge in [-0.05, 0) is 12.1 Å². The van der Waals surface area contributed by atoms with Gasteiger partial charge < -0.3 is 5.73 Å². The number of hydrogen-bond donors (Lipinski definition) is 1. The van der Waals surface area contributed by atoms with E-state index in [1.165, 1.54) is 12.1 Å². The van der Waals surface area contributed by atoms with Gasteiger partial charge in [0.2, 0.25) is 5.91 Å². The molecule has 2 N–H and O–H groups in total. The summed E-state index contributed by atoms with van der Waals surface area (Å²) in [5, 5.41) is 0.345. The number of nitrogens with zero attached hydrogens (tertiary/aromatic N) is 1. The molecule has 5 nitrogen and oxygen atoms in total. The second-order valence-corrected chi connectivity index (χ2v) is 4.39. The number of halogens is 1. The molecule has 0 aliphatic rings. The van der Waals surface area contributed by atoms with Gasteiger partial charge in [0.05, 0.1) is 0 Å². The molecular formula is C12H13BrN2O3. The Kier molecular flexibility index (Phi) is 5.03. The Hall–Kier alpha value is -1.69. The van der Waals surface area contributed by atoms with Crippen LogP contribution in [-0.2, 0) is 4.79 Å². The van der Waals surface area contributed by atoms with Crippen molar-refractivity contribution in [2.24, 2.45) is 11.7 Å². The van der Waals surface area contributed by atoms with Crippen LogP contribution >= 0.6 is 15.9 Å². The van der Waals surface area contributed by atoms with Crippen LogP contribution in [0.15, 0.2) is 30.3 Å². The van der Waals surface area contributed by atoms with Crippen LogP contribution < -0.4 is 5.73 Å². The van der Waals surface area contributed by atoms with Crippen LogP contribution in [0.3, 0.4) is 0 Å². The summed E-state index contributed by atoms with van der Waals surface area (Å²) < 4.78 is 0. The van der Waals surface area contributed by atoms with Crippen LogP contribution in [0.5, 0.6) is 0 Å². The minimum atomic E-state index is -1.07. The number of nitrogens with two attached hydrogens (primary N) is 1. The molecule has 0 bridgehead atoms. The second kappa shape index (κ2) is 6.30. The average Bonchev–Trinajstić information content (AvgIpc) is 2.38. The SMILES string of the molecule is CC(CBr)C(=O)N(C(N)=O)C(=O)c1ccccc1. The predicted octanol–water partition coefficient (Wildman–Crippen LogP) is 1.77. The number of benzene rings is 1. The van der Waals surface area contributed by atoms with Crippen LogP contribution in [0, 0.1) is 5.92 Å². The fourth-order valence-corrected chi connectivity index (χ4v) is 1.58. The van der Waals surface area contributed by atoms with Crippen molar-refractivity contribution in [3.63, 3.8) is 0 Å². The summed E-state index contributed by atoms with van der Waals surface area (Å²) in [6.07, 6.45) is 0. The lowest BCUT2D eigenvalue weighted by Crippen LogP contribution is -2.47. The molecule has 0 radical (unpaired) electrons. The molecule has 0 spiro atoms. The lowest BCUT2D eigenvalue weighted by molar-refractivity contribution is -0.129. The topological polar surface area (TPSA) is 80.5 Å². The maximum Gasteiger partial charge on any atom is 0.328 e. The van der Waals surface area contributed by atoms with Crippen LogP contribution in [-0.4, -0.2) is 28.1 Å². The normalized spacial score (nSPS) is 11.7. The zero-order valence-electron chi connectivity index (χ0n) is 9.80. The fourth-order valence-electron chi connectivity index (χ4n) is 1.30. The van der Waals surface area contributed by atoms with E-state index in [1.54, 1.807) is 25.1 Å². The number of carbonyl (C=O) groups is 3. The zero-order chi connectivity index (χ0) is 13.7. The summed E-state index contributed by atoms with van der Waals surface area (Å²) in [7, 11) is 0. The summed E-state index contributed by atoms with van der Waals surface area (Å²) >= 11 is 3.13. The van der Waals surface area contributed by atoms with Gasteiger partial charge in [-0.3, -0.25) is 9.59 Å². The van der Waals surface area contributed by atoms with Gasteiger partial charge in [0.1, 0.15) is 0 Å². The highest BCUT2D eigenvalue weighted by atomic mass is 79.9. The molecule has 1 atom stereocenters. The lowest BCUT2D eigenvalue weighted by atomic mass is 10.1. The summed E-state index contributed by atoms with van der Waals surface area (Å²) in [4.78, 5) is 35.7. The summed E-state index contributed by atoms with van der Waals surface area (Å²) in [5.41, 5.74) is 5.34. The standard InChI is InChI=1S/C12H13BrN2O3/c1-8(7-13)10(16)15(12(14)18)11(17)9-5-3-2-4-6-9/h2-6,8H,7H2,1H3,(H2,14,18). The van der Waals surface area contributed by atoms with E-state index in [0.717, 1.165) is 0 Å². The third kappa shape index (κ3) is 3.16. The summed E-state index contributed by atoms with van der Waals surface area (Å²) in [6, 6.07) is 6.99. The molecule has 0 aromatic heterocycles. The van der Waals surface area contributed by atoms with E-state index in [0.29, 0.717) is 10.2 Å². The Bertz CT molecular complexity index is 462. The maximum absolute atomic E-state index is 12.0. The largest absolute Gasteiger partial charge is 0.351 e. The minimum Gasteiger partial charge on any atom is -0.351 e. The Morgan fingerprint density at radius 1 is 1.28 bits per heavy atom. The van der Waals surface area contributed by atoms with E-state index in [2.05, 4.69) is 15.9 Å². The van der Waals surface area contributed by atoms with Gasteiger partial charge in [-0.15, -0.1) is 0 Å². The quantitative estimate of drug-likeness (QED) is 0.864. The van der Waals surface area contributed by atoms with E-state index < -0.39 is 23.8 Å². The van der Waals surface area contributed by atoms with Crippen molar-refractivity contribution in [2.75, 3.05) is 5.33 Å². The number of amides is 4. The highest BCUT2D eigenvalue weighted by Crippen LogP contribution is 2.11. The van der Waals surface area contributed by atoms with Crippen LogP contribution in [0.1, 0.15) is 17.3 Å². The molecule has 1 aromatic rings. The van der Waals surface area contributed by atoms with Gasteiger partial charge in [0, 0.05) is 16.8 Å². The van der Waals surface area contributed by atoms with Crippen LogP contribution in [0.25, 0.3) is 0 Å². The van der Waals surface area contributed by atoms with E-state index in [9.17, 15) is 14.4 Å². The van der Waals surface area contributed by atoms with Gasteiger partial charge in [0.25, 0.3) is 5.91 Å². The molecule has 0 saturated carbocycles. The highest BCUT2D eigenvalue weighted by Gasteiger charge is 2.30. The van der Waals surface area contributed by atoms with Gasteiger partial charge >= 0.3 is 6.03 Å². The molecule has 0 aliphatic carbocycles. The Morgan fingerprint density at radius 3 is 2.28 bits per heavy atom. The number of hydrogen-bond acceptors (Lipinski definition) is 3. The second-order valence-electron chi connectivity index (χ2n) is 3.74. The molecule has 6 heteroatoms. The molecule has 4 amide bonds. The first-order valence-corrected chi connectivity index (χ1v) is 6.40. The van der Waals surface area contributed by atoms with Crippen LogP contribution in [0.4, 0.5) is 4.79 Å². The first-order chi connectivity index (χ1) is 8.49. The Labute approximate surface area is 113 Å². The number of urea groups is 1. The van der Waals surface area contributed by atoms with Gasteiger partial charge in [-0.1, -0.05) is 41.1 Å². The average molecular weight is 313 g/mol. The number of imide groups is 3. The molecule has 96 valence electrons. The van der Waals surface area contributed by atoms with Crippen molar-refractivity contribution >= 4 is 33.8 Å². The third-order valence-corrected chi connectivity index (χ3v) is 3.29. The van der Waals surface area contributed by atoms with E-state index >= 15 is 0 Å². The fraction of sp³-hybridized carbons (Fsp3) is 0.250. The maximum atomic E-state index is 12.0. The molecule has 0 heterocycles. The van der Waals surface area contributed by atoms with Crippen molar-refractivity contribution in [3.8, 4) is 0 Å². The third-order valence-electron chi connectivity index (χ3n) is 2.32. The number of primary amides is 1. The van der Waals surface area contributed by atoms with Gasteiger partial charge in [-0.25, -0.2) is 4.79 Å². The van der Waals surface area contributed by atoms with Crippen molar-refractivity contribution in [1.82, 2.24) is 4.90 Å². The molecule has 0 saturated heterocycles. The van der Waals surface area contributed by atoms with Crippen molar-refractivity contribution in [1.29, 1.82) is 0 Å². The van der Waals surface area contributed by atoms with Crippen molar-refractivity contribution < 1.29 is 14.4 Å². The molecule has 1 unspecified atom stereocenters. The Morgan fingerprint density at radius 2 is 1.83 bits per heavy atom. The first kappa shape index (κ1) is 14.4. The minimum absolute atomic E-state index is 0.242. The van der Waals surface area contributed by atoms with Crippen molar-refractivity contribution in [3.05, 3.63) is 35.9 Å². The van der Waals surface area contributed by atoms with Crippen molar-refractivity contribution in [2.45, 2.75) is 6.92 Å². The van der Waals surface area contributed by atoms with E-state index in [-0.39, 0.29) is 5.56 Å². The number of alkyl halides is 1. The van der Waals surface area contributed by atoms with E-state index in [1.807, 2.05) is 0 Å². The Balaban J connectivity index is 3.04. The molecule has 0 fully saturated rings. The number of carbonyl (C=O) groups excluding carboxylic acids is 3. The molecular weight excluding hydrogens is 300 g/mol.